The fourth-order valence-electron chi connectivity index (χ4n) is 2.11. The molecule has 20 heavy (non-hydrogen) atoms. The van der Waals surface area contributed by atoms with Crippen molar-refractivity contribution in [2.75, 3.05) is 19.7 Å². The zero-order valence-electron chi connectivity index (χ0n) is 11.8. The van der Waals surface area contributed by atoms with Gasteiger partial charge in [-0.1, -0.05) is 13.8 Å². The molecule has 0 bridgehead atoms. The van der Waals surface area contributed by atoms with E-state index in [9.17, 15) is 9.59 Å². The van der Waals surface area contributed by atoms with Crippen LogP contribution < -0.4 is 5.32 Å². The summed E-state index contributed by atoms with van der Waals surface area (Å²) in [6.45, 7) is 5.72. The second-order valence-corrected chi connectivity index (χ2v) is 5.20. The average molecular weight is 280 g/mol. The maximum absolute atomic E-state index is 12.1. The number of nitrogens with one attached hydrogen (secondary N) is 1. The van der Waals surface area contributed by atoms with Crippen molar-refractivity contribution in [3.63, 3.8) is 0 Å². The zero-order valence-corrected chi connectivity index (χ0v) is 11.8. The predicted molar refractivity (Wildman–Crippen MR) is 71.9 cm³/mol. The van der Waals surface area contributed by atoms with E-state index in [1.165, 1.54) is 4.90 Å². The second kappa shape index (κ2) is 6.40. The molecule has 0 aromatic carbocycles. The highest BCUT2D eigenvalue weighted by Crippen LogP contribution is 2.14. The molecule has 2 amide bonds. The van der Waals surface area contributed by atoms with Gasteiger partial charge >= 0.3 is 6.09 Å². The molecule has 2 heterocycles. The van der Waals surface area contributed by atoms with E-state index in [0.29, 0.717) is 25.6 Å². The SMILES string of the molecule is CC(C)CN1C(=O)OC[C@H]1C(=O)NCCn1cccn1. The molecule has 2 rings (SSSR count). The van der Waals surface area contributed by atoms with E-state index in [1.807, 2.05) is 26.1 Å². The van der Waals surface area contributed by atoms with Crippen LogP contribution in [-0.4, -0.2) is 52.4 Å². The van der Waals surface area contributed by atoms with Gasteiger partial charge in [0.05, 0.1) is 6.54 Å². The summed E-state index contributed by atoms with van der Waals surface area (Å²) in [6, 6.07) is 1.30. The quantitative estimate of drug-likeness (QED) is 0.822. The van der Waals surface area contributed by atoms with Crippen molar-refractivity contribution in [3.05, 3.63) is 18.5 Å². The van der Waals surface area contributed by atoms with Gasteiger partial charge in [0.25, 0.3) is 0 Å². The van der Waals surface area contributed by atoms with Crippen LogP contribution in [-0.2, 0) is 16.1 Å². The lowest BCUT2D eigenvalue weighted by Crippen LogP contribution is -2.47. The molecular weight excluding hydrogens is 260 g/mol. The molecule has 1 N–H and O–H groups in total. The molecule has 1 aromatic rings. The van der Waals surface area contributed by atoms with Crippen molar-refractivity contribution >= 4 is 12.0 Å². The second-order valence-electron chi connectivity index (χ2n) is 5.20. The smallest absolute Gasteiger partial charge is 0.410 e. The van der Waals surface area contributed by atoms with Crippen LogP contribution in [0.1, 0.15) is 13.8 Å². The van der Waals surface area contributed by atoms with Crippen molar-refractivity contribution in [1.82, 2.24) is 20.0 Å². The first-order chi connectivity index (χ1) is 9.58. The molecule has 1 atom stereocenters. The average Bonchev–Trinajstić information content (AvgIpc) is 3.00. The normalized spacial score (nSPS) is 18.4. The Morgan fingerprint density at radius 1 is 1.60 bits per heavy atom. The Balaban J connectivity index is 1.83. The third kappa shape index (κ3) is 3.49. The number of hydrogen-bond acceptors (Lipinski definition) is 4. The monoisotopic (exact) mass is 280 g/mol. The molecule has 0 unspecified atom stereocenters. The summed E-state index contributed by atoms with van der Waals surface area (Å²) in [5.41, 5.74) is 0. The van der Waals surface area contributed by atoms with Crippen LogP contribution in [0.3, 0.4) is 0 Å². The molecule has 7 heteroatoms. The minimum absolute atomic E-state index is 0.124. The molecule has 1 aliphatic heterocycles. The number of rotatable bonds is 6. The number of cyclic esters (lactones) is 1. The van der Waals surface area contributed by atoms with Crippen LogP contribution in [0.5, 0.6) is 0 Å². The van der Waals surface area contributed by atoms with Crippen molar-refractivity contribution in [1.29, 1.82) is 0 Å². The first-order valence-corrected chi connectivity index (χ1v) is 6.76. The van der Waals surface area contributed by atoms with Crippen LogP contribution in [0.15, 0.2) is 18.5 Å². The van der Waals surface area contributed by atoms with E-state index in [2.05, 4.69) is 10.4 Å². The number of amides is 2. The van der Waals surface area contributed by atoms with Gasteiger partial charge in [0, 0.05) is 25.5 Å². The lowest BCUT2D eigenvalue weighted by Gasteiger charge is -2.22. The Morgan fingerprint density at radius 2 is 2.40 bits per heavy atom. The van der Waals surface area contributed by atoms with Crippen molar-refractivity contribution in [2.24, 2.45) is 5.92 Å². The zero-order chi connectivity index (χ0) is 14.5. The predicted octanol–water partition coefficient (Wildman–Crippen LogP) is 0.476. The topological polar surface area (TPSA) is 76.5 Å². The number of carbonyl (C=O) groups excluding carboxylic acids is 2. The maximum Gasteiger partial charge on any atom is 0.410 e. The van der Waals surface area contributed by atoms with Crippen LogP contribution in [0.2, 0.25) is 0 Å². The third-order valence-corrected chi connectivity index (χ3v) is 3.04. The number of nitrogens with zero attached hydrogens (tertiary/aromatic N) is 3. The van der Waals surface area contributed by atoms with Crippen molar-refractivity contribution < 1.29 is 14.3 Å². The molecule has 1 fully saturated rings. The van der Waals surface area contributed by atoms with Crippen LogP contribution in [0.4, 0.5) is 4.79 Å². The Bertz CT molecular complexity index is 458. The fourth-order valence-corrected chi connectivity index (χ4v) is 2.11. The standard InChI is InChI=1S/C13H20N4O3/c1-10(2)8-17-11(9-20-13(17)19)12(18)14-5-7-16-6-3-4-15-16/h3-4,6,10-11H,5,7-9H2,1-2H3,(H,14,18)/t11-/m0/s1. The minimum Gasteiger partial charge on any atom is -0.447 e. The van der Waals surface area contributed by atoms with Gasteiger partial charge in [0.2, 0.25) is 5.91 Å². The minimum atomic E-state index is -0.525. The van der Waals surface area contributed by atoms with Gasteiger partial charge in [-0.3, -0.25) is 14.4 Å². The number of aromatic nitrogens is 2. The van der Waals surface area contributed by atoms with Crippen LogP contribution >= 0.6 is 0 Å². The molecule has 0 spiro atoms. The highest BCUT2D eigenvalue weighted by Gasteiger charge is 2.37. The highest BCUT2D eigenvalue weighted by molar-refractivity contribution is 5.87. The first-order valence-electron chi connectivity index (χ1n) is 6.76. The lowest BCUT2D eigenvalue weighted by molar-refractivity contribution is -0.125. The summed E-state index contributed by atoms with van der Waals surface area (Å²) in [7, 11) is 0. The molecule has 7 nitrogen and oxygen atoms in total. The van der Waals surface area contributed by atoms with Gasteiger partial charge in [0.1, 0.15) is 12.6 Å². The number of carbonyl (C=O) groups is 2. The molecule has 110 valence electrons. The van der Waals surface area contributed by atoms with E-state index >= 15 is 0 Å². The van der Waals surface area contributed by atoms with E-state index < -0.39 is 12.1 Å². The van der Waals surface area contributed by atoms with Crippen molar-refractivity contribution in [3.8, 4) is 0 Å². The summed E-state index contributed by atoms with van der Waals surface area (Å²) >= 11 is 0. The first kappa shape index (κ1) is 14.4. The van der Waals surface area contributed by atoms with Gasteiger partial charge < -0.3 is 10.1 Å². The van der Waals surface area contributed by atoms with Gasteiger partial charge in [-0.15, -0.1) is 0 Å². The number of ether oxygens (including phenoxy) is 1. The van der Waals surface area contributed by atoms with Gasteiger partial charge in [-0.05, 0) is 12.0 Å². The van der Waals surface area contributed by atoms with E-state index in [1.54, 1.807) is 10.9 Å². The third-order valence-electron chi connectivity index (χ3n) is 3.04. The Labute approximate surface area is 117 Å². The summed E-state index contributed by atoms with van der Waals surface area (Å²) in [4.78, 5) is 25.2. The summed E-state index contributed by atoms with van der Waals surface area (Å²) in [5.74, 6) is 0.115. The molecule has 1 aromatic heterocycles. The van der Waals surface area contributed by atoms with E-state index in [-0.39, 0.29) is 12.5 Å². The lowest BCUT2D eigenvalue weighted by atomic mass is 10.2. The van der Waals surface area contributed by atoms with Gasteiger partial charge in [0.15, 0.2) is 0 Å². The Hall–Kier alpha value is -2.05. The molecule has 0 aliphatic carbocycles. The molecular formula is C13H20N4O3. The highest BCUT2D eigenvalue weighted by atomic mass is 16.6. The molecule has 1 aliphatic rings. The fraction of sp³-hybridized carbons (Fsp3) is 0.615. The van der Waals surface area contributed by atoms with E-state index in [0.717, 1.165) is 0 Å². The summed E-state index contributed by atoms with van der Waals surface area (Å²) < 4.78 is 6.70. The van der Waals surface area contributed by atoms with Crippen LogP contribution in [0.25, 0.3) is 0 Å². The summed E-state index contributed by atoms with van der Waals surface area (Å²) in [5, 5.41) is 6.87. The molecule has 0 radical (unpaired) electrons. The van der Waals surface area contributed by atoms with E-state index in [4.69, 9.17) is 4.74 Å². The Kier molecular flexibility index (Phi) is 4.60. The maximum atomic E-state index is 12.1. The largest absolute Gasteiger partial charge is 0.447 e. The van der Waals surface area contributed by atoms with Crippen LogP contribution in [0, 0.1) is 5.92 Å². The van der Waals surface area contributed by atoms with Crippen molar-refractivity contribution in [2.45, 2.75) is 26.4 Å². The molecule has 0 saturated carbocycles. The molecule has 1 saturated heterocycles. The summed E-state index contributed by atoms with van der Waals surface area (Å²) in [6.07, 6.45) is 3.11. The van der Waals surface area contributed by atoms with Gasteiger partial charge in [-0.25, -0.2) is 4.79 Å². The van der Waals surface area contributed by atoms with Gasteiger partial charge in [-0.2, -0.15) is 5.10 Å². The number of hydrogen-bond donors (Lipinski definition) is 1. The Morgan fingerprint density at radius 3 is 3.05 bits per heavy atom.